The van der Waals surface area contributed by atoms with E-state index >= 15 is 0 Å². The number of nitrogens with zero attached hydrogens (tertiary/aromatic N) is 7. The van der Waals surface area contributed by atoms with Crippen LogP contribution < -0.4 is 11.1 Å². The molecule has 9 rings (SSSR count). The number of likely N-dealkylation sites (N-methyl/N-ethyl adjacent to an activating group) is 1. The number of hydrogen-bond donors (Lipinski definition) is 2. The van der Waals surface area contributed by atoms with Crippen molar-refractivity contribution in [1.82, 2.24) is 30.0 Å². The summed E-state index contributed by atoms with van der Waals surface area (Å²) in [5.41, 5.74) is 9.30. The first kappa shape index (κ1) is 39.0. The first-order valence-electron chi connectivity index (χ1n) is 18.9. The number of aromatic nitrogens is 2. The number of halogens is 1. The summed E-state index contributed by atoms with van der Waals surface area (Å²) in [5, 5.41) is 24.6. The Bertz CT molecular complexity index is 1760. The smallest absolute Gasteiger partial charge is 0.363 e. The van der Waals surface area contributed by atoms with Crippen molar-refractivity contribution in [3.05, 3.63) is 97.3 Å². The predicted octanol–water partition coefficient (Wildman–Crippen LogP) is 6.64. The van der Waals surface area contributed by atoms with E-state index in [0.29, 0.717) is 39.3 Å². The molecule has 0 bridgehead atoms. The van der Waals surface area contributed by atoms with Crippen LogP contribution in [0, 0.1) is 20.2 Å². The van der Waals surface area contributed by atoms with Gasteiger partial charge in [0.25, 0.3) is 5.69 Å². The number of nitro benzene ring substituents is 1. The van der Waals surface area contributed by atoms with Gasteiger partial charge in [0.2, 0.25) is 0 Å². The average molecular weight is 748 g/mol. The van der Waals surface area contributed by atoms with Crippen molar-refractivity contribution in [2.75, 3.05) is 59.6 Å². The number of anilines is 1. The summed E-state index contributed by atoms with van der Waals surface area (Å²) in [6.07, 6.45) is 12.6. The van der Waals surface area contributed by atoms with Crippen molar-refractivity contribution in [2.24, 2.45) is 0 Å². The molecule has 2 aromatic heterocycles. The molecular formula is C39H54ClN9O4. The number of rotatable bonds is 4. The van der Waals surface area contributed by atoms with Crippen LogP contribution in [0.25, 0.3) is 0 Å². The molecule has 5 atom stereocenters. The van der Waals surface area contributed by atoms with Crippen molar-refractivity contribution >= 4 is 28.9 Å². The molecule has 3 N–H and O–H groups in total. The molecule has 4 aliphatic heterocycles. The molecule has 2 saturated carbocycles. The van der Waals surface area contributed by atoms with Crippen LogP contribution in [0.1, 0.15) is 87.4 Å². The van der Waals surface area contributed by atoms with Gasteiger partial charge in [0, 0.05) is 83.5 Å². The molecule has 0 amide bonds. The second-order valence-corrected chi connectivity index (χ2v) is 16.3. The van der Waals surface area contributed by atoms with E-state index in [1.54, 1.807) is 18.2 Å². The highest BCUT2D eigenvalue weighted by atomic mass is 35.5. The van der Waals surface area contributed by atoms with E-state index in [2.05, 4.69) is 57.2 Å². The molecule has 3 aromatic rings. The van der Waals surface area contributed by atoms with Gasteiger partial charge in [-0.05, 0) is 132 Å². The number of pyridine rings is 2. The summed E-state index contributed by atoms with van der Waals surface area (Å²) in [4.78, 5) is 36.0. The van der Waals surface area contributed by atoms with E-state index in [0.717, 1.165) is 18.5 Å². The Kier molecular flexibility index (Phi) is 12.0. The standard InChI is InChI=1S/C13H17N3O2.C13H19N3.C7H14N2.C6H4ClNO2/c1-15-8-7-13(15)6-5-10(9-13)11-3-2-4-12(14-11)16(17)18;1-16-8-7-13(16)6-5-10(9-13)11-3-2-4-12(14)15-11;1-9-5-3-7(9)2-4-8-6-7;7-5-2-1-3-6(4-5)8(9)10/h2-4,10H,5-9H2,1H3;2-4,10H,5-9H2,1H3,(H2,14,15);8H,2-6H2,1H3;1-4H. The normalized spacial score (nSPS) is 30.2. The molecule has 2 aliphatic carbocycles. The fraction of sp³-hybridized carbons (Fsp3) is 0.590. The highest BCUT2D eigenvalue weighted by Crippen LogP contribution is 2.50. The Morgan fingerprint density at radius 1 is 0.736 bits per heavy atom. The van der Waals surface area contributed by atoms with Crippen LogP contribution in [-0.4, -0.2) is 105 Å². The van der Waals surface area contributed by atoms with Crippen LogP contribution in [0.3, 0.4) is 0 Å². The number of non-ortho nitro benzene ring substituents is 1. The lowest BCUT2D eigenvalue weighted by atomic mass is 9.82. The SMILES string of the molecule is CN1CCC12CCC(c1cccc(N)n1)C2.CN1CCC12CCC(c1cccc([N+](=O)[O-])n1)C2.CN1CCC12CCNC2.O=[N+]([O-])c1cccc(Cl)c1. The zero-order chi connectivity index (χ0) is 37.8. The van der Waals surface area contributed by atoms with E-state index in [1.165, 1.54) is 108 Å². The molecule has 6 aliphatic rings. The van der Waals surface area contributed by atoms with Gasteiger partial charge in [0.1, 0.15) is 5.82 Å². The highest BCUT2D eigenvalue weighted by Gasteiger charge is 2.49. The van der Waals surface area contributed by atoms with Gasteiger partial charge < -0.3 is 31.0 Å². The average Bonchev–Trinajstić information content (AvgIpc) is 3.95. The van der Waals surface area contributed by atoms with Crippen LogP contribution in [0.4, 0.5) is 17.3 Å². The third-order valence-electron chi connectivity index (χ3n) is 13.1. The second kappa shape index (κ2) is 16.3. The Morgan fingerprint density at radius 2 is 1.28 bits per heavy atom. The van der Waals surface area contributed by atoms with Crippen molar-refractivity contribution in [1.29, 1.82) is 0 Å². The Hall–Kier alpha value is -3.75. The lowest BCUT2D eigenvalue weighted by Gasteiger charge is -2.49. The van der Waals surface area contributed by atoms with E-state index in [1.807, 2.05) is 18.2 Å². The lowest BCUT2D eigenvalue weighted by molar-refractivity contribution is -0.389. The van der Waals surface area contributed by atoms with E-state index in [-0.39, 0.29) is 11.5 Å². The molecule has 53 heavy (non-hydrogen) atoms. The third-order valence-corrected chi connectivity index (χ3v) is 13.4. The monoisotopic (exact) mass is 747 g/mol. The first-order chi connectivity index (χ1) is 25.3. The summed E-state index contributed by atoms with van der Waals surface area (Å²) in [6, 6.07) is 17.0. The minimum absolute atomic E-state index is 0.0208. The summed E-state index contributed by atoms with van der Waals surface area (Å²) < 4.78 is 0. The zero-order valence-electron chi connectivity index (χ0n) is 31.3. The van der Waals surface area contributed by atoms with Gasteiger partial charge in [-0.15, -0.1) is 0 Å². The van der Waals surface area contributed by atoms with Crippen molar-refractivity contribution in [3.8, 4) is 0 Å². The van der Waals surface area contributed by atoms with E-state index in [9.17, 15) is 20.2 Å². The van der Waals surface area contributed by atoms with Gasteiger partial charge in [-0.1, -0.05) is 23.7 Å². The quantitative estimate of drug-likeness (QED) is 0.218. The van der Waals surface area contributed by atoms with Crippen molar-refractivity contribution < 1.29 is 9.85 Å². The number of nitrogen functional groups attached to an aromatic ring is 1. The maximum absolute atomic E-state index is 10.7. The summed E-state index contributed by atoms with van der Waals surface area (Å²) in [6.45, 7) is 6.20. The zero-order valence-corrected chi connectivity index (χ0v) is 32.0. The number of benzene rings is 1. The Labute approximate surface area is 317 Å². The number of nitro groups is 2. The van der Waals surface area contributed by atoms with Crippen LogP contribution in [0.2, 0.25) is 5.02 Å². The molecular weight excluding hydrogens is 694 g/mol. The third kappa shape index (κ3) is 8.65. The summed E-state index contributed by atoms with van der Waals surface area (Å²) >= 11 is 5.48. The molecule has 6 fully saturated rings. The fourth-order valence-electron chi connectivity index (χ4n) is 9.14. The van der Waals surface area contributed by atoms with E-state index < -0.39 is 9.85 Å². The van der Waals surface area contributed by atoms with Crippen LogP contribution in [0.5, 0.6) is 0 Å². The number of nitrogens with two attached hydrogens (primary N) is 1. The topological polar surface area (TPSA) is 160 Å². The predicted molar refractivity (Wildman–Crippen MR) is 208 cm³/mol. The van der Waals surface area contributed by atoms with Gasteiger partial charge in [0.15, 0.2) is 5.69 Å². The van der Waals surface area contributed by atoms with E-state index in [4.69, 9.17) is 17.3 Å². The van der Waals surface area contributed by atoms with Crippen LogP contribution in [-0.2, 0) is 0 Å². The molecule has 13 nitrogen and oxygen atoms in total. The van der Waals surface area contributed by atoms with Gasteiger partial charge in [-0.3, -0.25) is 15.0 Å². The van der Waals surface area contributed by atoms with Gasteiger partial charge in [0.05, 0.1) is 4.92 Å². The van der Waals surface area contributed by atoms with Gasteiger partial charge in [-0.25, -0.2) is 4.98 Å². The van der Waals surface area contributed by atoms with Gasteiger partial charge >= 0.3 is 5.82 Å². The van der Waals surface area contributed by atoms with Crippen LogP contribution >= 0.6 is 11.6 Å². The molecule has 5 unspecified atom stereocenters. The molecule has 14 heteroatoms. The molecule has 1 aromatic carbocycles. The van der Waals surface area contributed by atoms with Crippen LogP contribution in [0.15, 0.2) is 60.7 Å². The Balaban J connectivity index is 0.000000126. The first-order valence-corrected chi connectivity index (χ1v) is 19.3. The second-order valence-electron chi connectivity index (χ2n) is 15.9. The highest BCUT2D eigenvalue weighted by molar-refractivity contribution is 6.30. The number of hydrogen-bond acceptors (Lipinski definition) is 11. The molecule has 6 heterocycles. The number of likely N-dealkylation sites (tertiary alicyclic amines) is 3. The maximum atomic E-state index is 10.7. The fourth-order valence-corrected chi connectivity index (χ4v) is 9.33. The van der Waals surface area contributed by atoms with Gasteiger partial charge in [-0.2, -0.15) is 0 Å². The van der Waals surface area contributed by atoms with Crippen molar-refractivity contribution in [2.45, 2.75) is 92.7 Å². The minimum atomic E-state index is -0.480. The maximum Gasteiger partial charge on any atom is 0.363 e. The number of nitrogens with one attached hydrogen (secondary N) is 1. The molecule has 4 saturated heterocycles. The molecule has 3 spiro atoms. The summed E-state index contributed by atoms with van der Waals surface area (Å²) in [5.74, 6) is 1.62. The van der Waals surface area contributed by atoms with Crippen molar-refractivity contribution in [3.63, 3.8) is 0 Å². The minimum Gasteiger partial charge on any atom is -0.384 e. The molecule has 286 valence electrons. The lowest BCUT2D eigenvalue weighted by Crippen LogP contribution is -2.58. The largest absolute Gasteiger partial charge is 0.384 e. The Morgan fingerprint density at radius 3 is 1.66 bits per heavy atom. The molecule has 0 radical (unpaired) electrons. The summed E-state index contributed by atoms with van der Waals surface area (Å²) in [7, 11) is 6.65.